The zero-order valence-electron chi connectivity index (χ0n) is 20.8. The van der Waals surface area contributed by atoms with Crippen molar-refractivity contribution >= 4 is 23.4 Å². The van der Waals surface area contributed by atoms with Crippen LogP contribution < -0.4 is 14.8 Å². The second kappa shape index (κ2) is 10.9. The highest BCUT2D eigenvalue weighted by Gasteiger charge is 2.43. The third-order valence-electron chi connectivity index (χ3n) is 7.79. The molecule has 2 aromatic carbocycles. The van der Waals surface area contributed by atoms with Crippen LogP contribution in [0.2, 0.25) is 5.02 Å². The van der Waals surface area contributed by atoms with Crippen molar-refractivity contribution in [3.63, 3.8) is 0 Å². The average Bonchev–Trinajstić information content (AvgIpc) is 3.61. The van der Waals surface area contributed by atoms with Gasteiger partial charge in [-0.2, -0.15) is 0 Å². The first-order valence-corrected chi connectivity index (χ1v) is 13.2. The van der Waals surface area contributed by atoms with Crippen molar-refractivity contribution in [2.45, 2.75) is 44.6 Å². The van der Waals surface area contributed by atoms with Crippen LogP contribution in [0, 0.1) is 29.4 Å². The van der Waals surface area contributed by atoms with Gasteiger partial charge in [-0.3, -0.25) is 9.59 Å². The molecular weight excluding hydrogens is 502 g/mol. The largest absolute Gasteiger partial charge is 0.494 e. The fourth-order valence-electron chi connectivity index (χ4n) is 5.56. The van der Waals surface area contributed by atoms with Gasteiger partial charge in [-0.05, 0) is 61.8 Å². The van der Waals surface area contributed by atoms with Gasteiger partial charge in [0.05, 0.1) is 25.7 Å². The van der Waals surface area contributed by atoms with Gasteiger partial charge in [0, 0.05) is 41.7 Å². The molecule has 2 saturated carbocycles. The second-order valence-corrected chi connectivity index (χ2v) is 10.8. The van der Waals surface area contributed by atoms with Crippen LogP contribution in [0.3, 0.4) is 0 Å². The molecule has 2 amide bonds. The SMILES string of the molecule is COc1ccc(Cl)c(CC(=O)N[C@H]2CCC[C@@H]3CN(C(=O)c4ccc(OCC5CC5)cc4F)C[C@H]32)c1F. The number of nitrogens with zero attached hydrogens (tertiary/aromatic N) is 1. The Hall–Kier alpha value is -2.87. The van der Waals surface area contributed by atoms with Gasteiger partial charge in [0.1, 0.15) is 11.6 Å². The molecule has 3 aliphatic rings. The number of halogens is 3. The Kier molecular flexibility index (Phi) is 7.56. The predicted molar refractivity (Wildman–Crippen MR) is 135 cm³/mol. The lowest BCUT2D eigenvalue weighted by molar-refractivity contribution is -0.121. The minimum absolute atomic E-state index is 0.0288. The van der Waals surface area contributed by atoms with Crippen molar-refractivity contribution in [3.8, 4) is 11.5 Å². The molecule has 3 atom stereocenters. The van der Waals surface area contributed by atoms with Gasteiger partial charge in [0.25, 0.3) is 5.91 Å². The molecule has 0 bridgehead atoms. The van der Waals surface area contributed by atoms with Crippen molar-refractivity contribution in [3.05, 3.63) is 58.1 Å². The molecule has 6 nitrogen and oxygen atoms in total. The number of carbonyl (C=O) groups is 2. The Morgan fingerprint density at radius 3 is 2.65 bits per heavy atom. The third-order valence-corrected chi connectivity index (χ3v) is 8.15. The van der Waals surface area contributed by atoms with E-state index in [2.05, 4.69) is 5.32 Å². The fourth-order valence-corrected chi connectivity index (χ4v) is 5.77. The summed E-state index contributed by atoms with van der Waals surface area (Å²) in [6, 6.07) is 7.20. The Morgan fingerprint density at radius 2 is 1.92 bits per heavy atom. The molecule has 1 N–H and O–H groups in total. The van der Waals surface area contributed by atoms with Crippen molar-refractivity contribution in [2.75, 3.05) is 26.8 Å². The Bertz CT molecular complexity index is 1190. The average molecular weight is 533 g/mol. The standard InChI is InChI=1S/C28H31ClF2N2O4/c1-36-25-10-9-22(29)20(27(25)31)12-26(34)32-24-4-2-3-17-13-33(14-21(17)24)28(35)19-8-7-18(11-23(19)30)37-15-16-5-6-16/h7-11,16-17,21,24H,2-6,12-15H2,1H3,(H,32,34)/t17-,21-,24+/m1/s1. The molecule has 2 aromatic rings. The molecule has 2 aliphatic carbocycles. The highest BCUT2D eigenvalue weighted by molar-refractivity contribution is 6.31. The van der Waals surface area contributed by atoms with E-state index in [1.807, 2.05) is 0 Å². The lowest BCUT2D eigenvalue weighted by Crippen LogP contribution is -2.46. The number of ether oxygens (including phenoxy) is 2. The molecule has 1 heterocycles. The summed E-state index contributed by atoms with van der Waals surface area (Å²) in [5, 5.41) is 3.21. The molecule has 9 heteroatoms. The van der Waals surface area contributed by atoms with Crippen LogP contribution in [0.1, 0.15) is 48.0 Å². The van der Waals surface area contributed by atoms with E-state index in [1.165, 1.54) is 31.4 Å². The molecule has 0 spiro atoms. The molecule has 0 aromatic heterocycles. The Morgan fingerprint density at radius 1 is 1.11 bits per heavy atom. The summed E-state index contributed by atoms with van der Waals surface area (Å²) in [6.45, 7) is 1.53. The number of benzene rings is 2. The first-order valence-electron chi connectivity index (χ1n) is 12.9. The van der Waals surface area contributed by atoms with Gasteiger partial charge in [-0.25, -0.2) is 8.78 Å². The molecule has 1 saturated heterocycles. The first kappa shape index (κ1) is 25.8. The number of likely N-dealkylation sites (tertiary alicyclic amines) is 1. The third kappa shape index (κ3) is 5.69. The van der Waals surface area contributed by atoms with E-state index in [0.29, 0.717) is 31.4 Å². The van der Waals surface area contributed by atoms with Crippen molar-refractivity contribution in [1.29, 1.82) is 0 Å². The van der Waals surface area contributed by atoms with E-state index in [0.717, 1.165) is 32.1 Å². The molecule has 1 aliphatic heterocycles. The molecule has 0 radical (unpaired) electrons. The van der Waals surface area contributed by atoms with Crippen molar-refractivity contribution < 1.29 is 27.8 Å². The van der Waals surface area contributed by atoms with E-state index >= 15 is 0 Å². The number of hydrogen-bond acceptors (Lipinski definition) is 4. The van der Waals surface area contributed by atoms with Crippen LogP contribution in [0.5, 0.6) is 11.5 Å². The molecular formula is C28H31ClF2N2O4. The number of methoxy groups -OCH3 is 1. The number of hydrogen-bond donors (Lipinski definition) is 1. The van der Waals surface area contributed by atoms with Crippen molar-refractivity contribution in [2.24, 2.45) is 17.8 Å². The summed E-state index contributed by atoms with van der Waals surface area (Å²) >= 11 is 6.14. The van der Waals surface area contributed by atoms with Gasteiger partial charge in [-0.15, -0.1) is 0 Å². The molecule has 198 valence electrons. The summed E-state index contributed by atoms with van der Waals surface area (Å²) in [5.74, 6) is -0.632. The fraction of sp³-hybridized carbons (Fsp3) is 0.500. The van der Waals surface area contributed by atoms with Gasteiger partial charge in [-0.1, -0.05) is 18.0 Å². The number of amides is 2. The topological polar surface area (TPSA) is 67.9 Å². The summed E-state index contributed by atoms with van der Waals surface area (Å²) in [6.07, 6.45) is 4.69. The van der Waals surface area contributed by atoms with Crippen LogP contribution >= 0.6 is 11.6 Å². The van der Waals surface area contributed by atoms with Gasteiger partial charge >= 0.3 is 0 Å². The lowest BCUT2D eigenvalue weighted by Gasteiger charge is -2.33. The Labute approximate surface area is 220 Å². The normalized spacial score (nSPS) is 22.9. The first-order chi connectivity index (χ1) is 17.8. The Balaban J connectivity index is 1.22. The summed E-state index contributed by atoms with van der Waals surface area (Å²) in [5.41, 5.74) is 0.121. The summed E-state index contributed by atoms with van der Waals surface area (Å²) in [4.78, 5) is 27.7. The van der Waals surface area contributed by atoms with Gasteiger partial charge in [0.15, 0.2) is 11.6 Å². The number of nitrogens with one attached hydrogen (secondary N) is 1. The molecule has 0 unspecified atom stereocenters. The maximum Gasteiger partial charge on any atom is 0.256 e. The predicted octanol–water partition coefficient (Wildman–Crippen LogP) is 5.02. The lowest BCUT2D eigenvalue weighted by atomic mass is 9.78. The molecule has 37 heavy (non-hydrogen) atoms. The molecule has 5 rings (SSSR count). The van der Waals surface area contributed by atoms with E-state index in [4.69, 9.17) is 21.1 Å². The number of carbonyl (C=O) groups excluding carboxylic acids is 2. The second-order valence-electron chi connectivity index (χ2n) is 10.4. The minimum Gasteiger partial charge on any atom is -0.494 e. The highest BCUT2D eigenvalue weighted by Crippen LogP contribution is 2.38. The van der Waals surface area contributed by atoms with Crippen LogP contribution in [-0.4, -0.2) is 49.6 Å². The maximum absolute atomic E-state index is 14.8. The van der Waals surface area contributed by atoms with Crippen LogP contribution in [-0.2, 0) is 11.2 Å². The summed E-state index contributed by atoms with van der Waals surface area (Å²) in [7, 11) is 1.36. The van der Waals surface area contributed by atoms with E-state index in [-0.39, 0.29) is 58.0 Å². The zero-order valence-corrected chi connectivity index (χ0v) is 21.5. The highest BCUT2D eigenvalue weighted by atomic mass is 35.5. The van der Waals surface area contributed by atoms with Crippen LogP contribution in [0.15, 0.2) is 30.3 Å². The van der Waals surface area contributed by atoms with E-state index < -0.39 is 11.6 Å². The number of rotatable bonds is 8. The maximum atomic E-state index is 14.8. The molecule has 3 fully saturated rings. The minimum atomic E-state index is -0.643. The zero-order chi connectivity index (χ0) is 26.1. The monoisotopic (exact) mass is 532 g/mol. The number of fused-ring (bicyclic) bond motifs is 1. The van der Waals surface area contributed by atoms with Crippen LogP contribution in [0.25, 0.3) is 0 Å². The van der Waals surface area contributed by atoms with Gasteiger partial charge < -0.3 is 19.7 Å². The van der Waals surface area contributed by atoms with Crippen molar-refractivity contribution in [1.82, 2.24) is 10.2 Å². The van der Waals surface area contributed by atoms with E-state index in [9.17, 15) is 18.4 Å². The summed E-state index contributed by atoms with van der Waals surface area (Å²) < 4.78 is 40.1. The quantitative estimate of drug-likeness (QED) is 0.519. The van der Waals surface area contributed by atoms with E-state index in [1.54, 1.807) is 11.0 Å². The smallest absolute Gasteiger partial charge is 0.256 e. The van der Waals surface area contributed by atoms with Gasteiger partial charge in [0.2, 0.25) is 5.91 Å². The van der Waals surface area contributed by atoms with Crippen LogP contribution in [0.4, 0.5) is 8.78 Å².